The Hall–Kier alpha value is -2.48. The normalized spacial score (nSPS) is 28.0. The average Bonchev–Trinajstić information content (AvgIpc) is 3.18. The van der Waals surface area contributed by atoms with Crippen LogP contribution in [0.4, 0.5) is 5.69 Å². The second-order valence-electron chi connectivity index (χ2n) is 7.91. The van der Waals surface area contributed by atoms with Crippen LogP contribution in [0, 0.1) is 0 Å². The Balaban J connectivity index is 1.70. The monoisotopic (exact) mass is 401 g/mol. The number of benzene rings is 1. The molecule has 0 saturated carbocycles. The average molecular weight is 401 g/mol. The van der Waals surface area contributed by atoms with Gasteiger partial charge in [0.1, 0.15) is 28.3 Å². The largest absolute Gasteiger partial charge is 0.480 e. The fourth-order valence-electron chi connectivity index (χ4n) is 4.08. The molecule has 2 fully saturated rings. The van der Waals surface area contributed by atoms with Crippen LogP contribution in [0.25, 0.3) is 11.3 Å². The molecule has 28 heavy (non-hydrogen) atoms. The molecule has 2 aliphatic rings. The number of aryl methyl sites for hydroxylation is 1. The maximum absolute atomic E-state index is 13.1. The summed E-state index contributed by atoms with van der Waals surface area (Å²) in [5.41, 5.74) is 1.38. The summed E-state index contributed by atoms with van der Waals surface area (Å²) >= 11 is 1.51. The van der Waals surface area contributed by atoms with Gasteiger partial charge in [0.05, 0.1) is 0 Å². The first-order chi connectivity index (χ1) is 13.2. The number of amides is 1. The van der Waals surface area contributed by atoms with E-state index in [0.717, 1.165) is 11.3 Å². The van der Waals surface area contributed by atoms with Crippen molar-refractivity contribution in [3.63, 3.8) is 0 Å². The zero-order valence-corrected chi connectivity index (χ0v) is 17.0. The summed E-state index contributed by atoms with van der Waals surface area (Å²) < 4.78 is 5.02. The smallest absolute Gasteiger partial charge is 0.327 e. The Morgan fingerprint density at radius 3 is 2.61 bits per heavy atom. The molecular weight excluding hydrogens is 378 g/mol. The van der Waals surface area contributed by atoms with E-state index < -0.39 is 22.3 Å². The predicted octanol–water partition coefficient (Wildman–Crippen LogP) is 3.22. The Kier molecular flexibility index (Phi) is 4.22. The number of nitrogens with zero attached hydrogens (tertiary/aromatic N) is 2. The number of carbonyl (C=O) groups excluding carboxylic acids is 1. The second kappa shape index (κ2) is 6.27. The van der Waals surface area contributed by atoms with Gasteiger partial charge in [0.15, 0.2) is 5.76 Å². The summed E-state index contributed by atoms with van der Waals surface area (Å²) in [6, 6.07) is 8.76. The second-order valence-corrected chi connectivity index (χ2v) is 9.64. The summed E-state index contributed by atoms with van der Waals surface area (Å²) in [6.45, 7) is 7.54. The Morgan fingerprint density at radius 2 is 2.00 bits per heavy atom. The topological polar surface area (TPSA) is 95.7 Å². The molecule has 3 atom stereocenters. The number of thioether (sulfide) groups is 1. The van der Waals surface area contributed by atoms with Crippen LogP contribution in [0.2, 0.25) is 0 Å². The highest BCUT2D eigenvalue weighted by Crippen LogP contribution is 2.56. The van der Waals surface area contributed by atoms with Crippen LogP contribution in [0.5, 0.6) is 0 Å². The maximum atomic E-state index is 13.1. The molecule has 2 N–H and O–H groups in total. The highest BCUT2D eigenvalue weighted by Gasteiger charge is 2.69. The van der Waals surface area contributed by atoms with E-state index in [0.29, 0.717) is 17.9 Å². The number of carboxylic acids is 1. The van der Waals surface area contributed by atoms with Crippen LogP contribution in [-0.2, 0) is 16.0 Å². The van der Waals surface area contributed by atoms with Crippen molar-refractivity contribution in [1.29, 1.82) is 0 Å². The van der Waals surface area contributed by atoms with Gasteiger partial charge in [0.25, 0.3) is 5.91 Å². The van der Waals surface area contributed by atoms with Gasteiger partial charge in [-0.2, -0.15) is 0 Å². The van der Waals surface area contributed by atoms with E-state index in [9.17, 15) is 14.7 Å². The highest BCUT2D eigenvalue weighted by atomic mass is 32.2. The molecule has 2 aromatic rings. The van der Waals surface area contributed by atoms with E-state index in [4.69, 9.17) is 4.52 Å². The fraction of sp³-hybridized carbons (Fsp3) is 0.450. The maximum Gasteiger partial charge on any atom is 0.327 e. The summed E-state index contributed by atoms with van der Waals surface area (Å²) in [7, 11) is 0. The summed E-state index contributed by atoms with van der Waals surface area (Å²) in [5, 5.41) is 16.9. The molecule has 1 amide bonds. The third kappa shape index (κ3) is 2.54. The lowest BCUT2D eigenvalue weighted by molar-refractivity contribution is -0.163. The van der Waals surface area contributed by atoms with E-state index in [-0.39, 0.29) is 11.3 Å². The molecule has 7 nitrogen and oxygen atoms in total. The fourth-order valence-corrected chi connectivity index (χ4v) is 5.72. The van der Waals surface area contributed by atoms with Crippen molar-refractivity contribution in [2.75, 3.05) is 5.32 Å². The van der Waals surface area contributed by atoms with Gasteiger partial charge in [-0.05, 0) is 27.2 Å². The number of aromatic nitrogens is 1. The first kappa shape index (κ1) is 18.9. The van der Waals surface area contributed by atoms with Gasteiger partial charge in [0, 0.05) is 10.3 Å². The van der Waals surface area contributed by atoms with E-state index >= 15 is 0 Å². The summed E-state index contributed by atoms with van der Waals surface area (Å²) in [5.74, 6) is -0.605. The number of fused-ring (bicyclic) bond motifs is 1. The number of β-lactam (4-membered cyclic amide) rings is 1. The molecule has 0 radical (unpaired) electrons. The van der Waals surface area contributed by atoms with Gasteiger partial charge in [-0.25, -0.2) is 4.79 Å². The number of carboxylic acid groups (broad SMARTS) is 1. The molecule has 0 unspecified atom stereocenters. The van der Waals surface area contributed by atoms with Crippen molar-refractivity contribution in [1.82, 2.24) is 10.1 Å². The van der Waals surface area contributed by atoms with Crippen molar-refractivity contribution >= 4 is 29.3 Å². The zero-order valence-electron chi connectivity index (χ0n) is 16.2. The van der Waals surface area contributed by atoms with Crippen molar-refractivity contribution in [3.8, 4) is 11.3 Å². The van der Waals surface area contributed by atoms with Crippen LogP contribution >= 0.6 is 11.8 Å². The van der Waals surface area contributed by atoms with Gasteiger partial charge in [-0.15, -0.1) is 11.8 Å². The minimum atomic E-state index is -0.973. The molecule has 4 rings (SSSR count). The lowest BCUT2D eigenvalue weighted by Crippen LogP contribution is -2.75. The van der Waals surface area contributed by atoms with Gasteiger partial charge < -0.3 is 19.8 Å². The summed E-state index contributed by atoms with van der Waals surface area (Å²) in [4.78, 5) is 26.3. The Labute approximate surface area is 167 Å². The molecule has 8 heteroatoms. The zero-order chi connectivity index (χ0) is 20.3. The minimum Gasteiger partial charge on any atom is -0.480 e. The standard InChI is InChI=1S/C20H23N3O4S/c1-5-12-13(14(27-22-12)11-9-7-6-8-10-11)21-20(4)17(26)23-15(16(24)25)19(2,3)28-18(20)23/h6-10,15,18,21H,5H2,1-4H3,(H,24,25)/t15-,18+,20-/m0/s1. The molecular formula is C20H23N3O4S. The molecule has 2 saturated heterocycles. The molecule has 148 valence electrons. The SMILES string of the molecule is CCc1noc(-c2ccccc2)c1N[C@@]1(C)C(=O)N2[C@@H](C(=O)O)C(C)(C)S[C@@H]21. The molecule has 0 aliphatic carbocycles. The number of anilines is 1. The highest BCUT2D eigenvalue weighted by molar-refractivity contribution is 8.01. The Morgan fingerprint density at radius 1 is 1.32 bits per heavy atom. The van der Waals surface area contributed by atoms with Crippen molar-refractivity contribution in [3.05, 3.63) is 36.0 Å². The number of rotatable bonds is 5. The molecule has 0 spiro atoms. The first-order valence-corrected chi connectivity index (χ1v) is 10.1. The molecule has 1 aromatic carbocycles. The third-order valence-corrected chi connectivity index (χ3v) is 7.28. The number of hydrogen-bond donors (Lipinski definition) is 2. The molecule has 1 aromatic heterocycles. The number of aliphatic carboxylic acids is 1. The van der Waals surface area contributed by atoms with E-state index in [2.05, 4.69) is 10.5 Å². The van der Waals surface area contributed by atoms with Crippen LogP contribution in [0.15, 0.2) is 34.9 Å². The van der Waals surface area contributed by atoms with Crippen molar-refractivity contribution in [2.24, 2.45) is 0 Å². The summed E-state index contributed by atoms with van der Waals surface area (Å²) in [6.07, 6.45) is 0.647. The molecule has 3 heterocycles. The number of hydrogen-bond acceptors (Lipinski definition) is 6. The quantitative estimate of drug-likeness (QED) is 0.743. The van der Waals surface area contributed by atoms with Crippen LogP contribution in [-0.4, -0.2) is 48.7 Å². The minimum absolute atomic E-state index is 0.217. The van der Waals surface area contributed by atoms with E-state index in [1.165, 1.54) is 16.7 Å². The number of carbonyl (C=O) groups is 2. The lowest BCUT2D eigenvalue weighted by atomic mass is 9.85. The molecule has 0 bridgehead atoms. The first-order valence-electron chi connectivity index (χ1n) is 9.26. The van der Waals surface area contributed by atoms with Gasteiger partial charge in [0.2, 0.25) is 0 Å². The number of nitrogens with one attached hydrogen (secondary N) is 1. The van der Waals surface area contributed by atoms with Crippen LogP contribution < -0.4 is 5.32 Å². The van der Waals surface area contributed by atoms with E-state index in [1.807, 2.05) is 58.0 Å². The Bertz CT molecular complexity index is 942. The van der Waals surface area contributed by atoms with Crippen LogP contribution in [0.1, 0.15) is 33.4 Å². The third-order valence-electron chi connectivity index (χ3n) is 5.53. The van der Waals surface area contributed by atoms with Gasteiger partial charge >= 0.3 is 5.97 Å². The van der Waals surface area contributed by atoms with E-state index in [1.54, 1.807) is 0 Å². The van der Waals surface area contributed by atoms with Gasteiger partial charge in [-0.3, -0.25) is 4.79 Å². The van der Waals surface area contributed by atoms with Crippen molar-refractivity contribution < 1.29 is 19.2 Å². The van der Waals surface area contributed by atoms with Crippen LogP contribution in [0.3, 0.4) is 0 Å². The molecule has 2 aliphatic heterocycles. The van der Waals surface area contributed by atoms with Crippen molar-refractivity contribution in [2.45, 2.75) is 55.8 Å². The lowest BCUT2D eigenvalue weighted by Gasteiger charge is -2.51. The predicted molar refractivity (Wildman–Crippen MR) is 107 cm³/mol. The van der Waals surface area contributed by atoms with Gasteiger partial charge in [-0.1, -0.05) is 42.4 Å².